The van der Waals surface area contributed by atoms with Crippen LogP contribution in [-0.4, -0.2) is 35.4 Å². The SMILES string of the molecule is COc1ccc(NC(=O)CN(Cc2ccc(C(F)(F)F)cc2)C2CC2)c([N+](=O)[O-])c1. The Kier molecular flexibility index (Phi) is 6.25. The summed E-state index contributed by atoms with van der Waals surface area (Å²) in [6.07, 6.45) is -2.63. The van der Waals surface area contributed by atoms with Crippen molar-refractivity contribution in [3.63, 3.8) is 0 Å². The summed E-state index contributed by atoms with van der Waals surface area (Å²) in [6, 6.07) is 9.09. The fourth-order valence-electron chi connectivity index (χ4n) is 3.06. The third-order valence-corrected chi connectivity index (χ3v) is 4.75. The lowest BCUT2D eigenvalue weighted by atomic mass is 10.1. The molecular weight excluding hydrogens is 403 g/mol. The van der Waals surface area contributed by atoms with Crippen molar-refractivity contribution < 1.29 is 27.6 Å². The van der Waals surface area contributed by atoms with E-state index in [1.165, 1.54) is 37.4 Å². The standard InChI is InChI=1S/C20H20F3N3O4/c1-30-16-8-9-17(18(10-16)26(28)29)24-19(27)12-25(15-6-7-15)11-13-2-4-14(5-3-13)20(21,22)23/h2-5,8-10,15H,6-7,11-12H2,1H3,(H,24,27). The Balaban J connectivity index is 1.67. The van der Waals surface area contributed by atoms with E-state index in [1.54, 1.807) is 0 Å². The molecule has 1 fully saturated rings. The Morgan fingerprint density at radius 1 is 1.23 bits per heavy atom. The van der Waals surface area contributed by atoms with Crippen molar-refractivity contribution in [2.45, 2.75) is 31.6 Å². The molecule has 0 spiro atoms. The number of anilines is 1. The van der Waals surface area contributed by atoms with E-state index >= 15 is 0 Å². The van der Waals surface area contributed by atoms with Gasteiger partial charge in [0, 0.05) is 12.6 Å². The summed E-state index contributed by atoms with van der Waals surface area (Å²) in [4.78, 5) is 25.0. The van der Waals surface area contributed by atoms with E-state index in [0.717, 1.165) is 25.0 Å². The lowest BCUT2D eigenvalue weighted by Gasteiger charge is -2.22. The van der Waals surface area contributed by atoms with Gasteiger partial charge >= 0.3 is 6.18 Å². The molecule has 2 aromatic rings. The molecule has 2 aromatic carbocycles. The number of amides is 1. The summed E-state index contributed by atoms with van der Waals surface area (Å²) in [6.45, 7) is 0.274. The van der Waals surface area contributed by atoms with Gasteiger partial charge in [-0.3, -0.25) is 19.8 Å². The van der Waals surface area contributed by atoms with E-state index in [0.29, 0.717) is 17.9 Å². The van der Waals surface area contributed by atoms with Crippen LogP contribution in [0.25, 0.3) is 0 Å². The first-order valence-electron chi connectivity index (χ1n) is 9.20. The van der Waals surface area contributed by atoms with Crippen LogP contribution in [0.3, 0.4) is 0 Å². The monoisotopic (exact) mass is 423 g/mol. The molecule has 10 heteroatoms. The minimum Gasteiger partial charge on any atom is -0.496 e. The molecule has 160 valence electrons. The number of nitro benzene ring substituents is 1. The highest BCUT2D eigenvalue weighted by Crippen LogP contribution is 2.32. The zero-order valence-electron chi connectivity index (χ0n) is 16.1. The first-order valence-corrected chi connectivity index (χ1v) is 9.20. The summed E-state index contributed by atoms with van der Waals surface area (Å²) in [7, 11) is 1.38. The number of hydrogen-bond donors (Lipinski definition) is 1. The number of halogens is 3. The number of carbonyl (C=O) groups is 1. The number of rotatable bonds is 8. The Morgan fingerprint density at radius 3 is 2.43 bits per heavy atom. The maximum absolute atomic E-state index is 12.7. The highest BCUT2D eigenvalue weighted by Gasteiger charge is 2.32. The second-order valence-electron chi connectivity index (χ2n) is 7.02. The Bertz CT molecular complexity index is 928. The number of carbonyl (C=O) groups excluding carboxylic acids is 1. The number of nitro groups is 1. The number of ether oxygens (including phenoxy) is 1. The van der Waals surface area contributed by atoms with Crippen molar-refractivity contribution in [1.29, 1.82) is 0 Å². The number of nitrogens with one attached hydrogen (secondary N) is 1. The number of benzene rings is 2. The zero-order valence-corrected chi connectivity index (χ0v) is 16.1. The molecule has 1 saturated carbocycles. The van der Waals surface area contributed by atoms with Crippen LogP contribution in [0, 0.1) is 10.1 Å². The third kappa shape index (κ3) is 5.47. The smallest absolute Gasteiger partial charge is 0.416 e. The number of hydrogen-bond acceptors (Lipinski definition) is 5. The minimum atomic E-state index is -4.40. The van der Waals surface area contributed by atoms with Crippen LogP contribution in [0.1, 0.15) is 24.0 Å². The predicted molar refractivity (Wildman–Crippen MR) is 103 cm³/mol. The van der Waals surface area contributed by atoms with Gasteiger partial charge < -0.3 is 10.1 Å². The molecule has 1 N–H and O–H groups in total. The van der Waals surface area contributed by atoms with E-state index in [-0.39, 0.29) is 24.0 Å². The van der Waals surface area contributed by atoms with Gasteiger partial charge in [0.2, 0.25) is 5.91 Å². The van der Waals surface area contributed by atoms with Crippen molar-refractivity contribution in [2.75, 3.05) is 19.0 Å². The van der Waals surface area contributed by atoms with Gasteiger partial charge in [-0.25, -0.2) is 0 Å². The van der Waals surface area contributed by atoms with Gasteiger partial charge in [0.15, 0.2) is 0 Å². The lowest BCUT2D eigenvalue weighted by Crippen LogP contribution is -2.34. The Hall–Kier alpha value is -3.14. The molecule has 0 saturated heterocycles. The molecule has 0 atom stereocenters. The van der Waals surface area contributed by atoms with E-state index in [4.69, 9.17) is 4.74 Å². The molecule has 1 aliphatic carbocycles. The van der Waals surface area contributed by atoms with Crippen LogP contribution in [0.2, 0.25) is 0 Å². The molecule has 1 amide bonds. The molecule has 0 unspecified atom stereocenters. The molecular formula is C20H20F3N3O4. The van der Waals surface area contributed by atoms with Gasteiger partial charge in [0.25, 0.3) is 5.69 Å². The molecule has 0 aliphatic heterocycles. The summed E-state index contributed by atoms with van der Waals surface area (Å²) in [5.41, 5.74) is -0.314. The molecule has 0 bridgehead atoms. The van der Waals surface area contributed by atoms with Crippen molar-refractivity contribution in [3.05, 3.63) is 63.7 Å². The average Bonchev–Trinajstić information content (AvgIpc) is 3.52. The summed E-state index contributed by atoms with van der Waals surface area (Å²) < 4.78 is 43.1. The Morgan fingerprint density at radius 2 is 1.90 bits per heavy atom. The maximum atomic E-state index is 12.7. The summed E-state index contributed by atoms with van der Waals surface area (Å²) in [5, 5.41) is 13.8. The topological polar surface area (TPSA) is 84.7 Å². The molecule has 30 heavy (non-hydrogen) atoms. The van der Waals surface area contributed by atoms with Crippen molar-refractivity contribution in [1.82, 2.24) is 4.90 Å². The van der Waals surface area contributed by atoms with Crippen LogP contribution in [0.15, 0.2) is 42.5 Å². The van der Waals surface area contributed by atoms with Crippen LogP contribution in [-0.2, 0) is 17.5 Å². The fourth-order valence-corrected chi connectivity index (χ4v) is 3.06. The molecule has 0 radical (unpaired) electrons. The van der Waals surface area contributed by atoms with E-state index in [9.17, 15) is 28.1 Å². The van der Waals surface area contributed by atoms with Gasteiger partial charge in [0.1, 0.15) is 11.4 Å². The van der Waals surface area contributed by atoms with Gasteiger partial charge in [-0.05, 0) is 42.7 Å². The molecule has 7 nitrogen and oxygen atoms in total. The Labute approximate surface area is 170 Å². The fraction of sp³-hybridized carbons (Fsp3) is 0.350. The van der Waals surface area contributed by atoms with E-state index < -0.39 is 22.6 Å². The first kappa shape index (κ1) is 21.6. The molecule has 0 aromatic heterocycles. The minimum absolute atomic E-state index is 0.0329. The predicted octanol–water partition coefficient (Wildman–Crippen LogP) is 4.23. The molecule has 0 heterocycles. The second-order valence-corrected chi connectivity index (χ2v) is 7.02. The zero-order chi connectivity index (χ0) is 21.9. The largest absolute Gasteiger partial charge is 0.496 e. The average molecular weight is 423 g/mol. The highest BCUT2D eigenvalue weighted by atomic mass is 19.4. The van der Waals surface area contributed by atoms with Crippen LogP contribution in [0.4, 0.5) is 24.5 Å². The van der Waals surface area contributed by atoms with Crippen LogP contribution in [0.5, 0.6) is 5.75 Å². The number of nitrogens with zero attached hydrogens (tertiary/aromatic N) is 2. The van der Waals surface area contributed by atoms with E-state index in [1.807, 2.05) is 4.90 Å². The maximum Gasteiger partial charge on any atom is 0.416 e. The number of alkyl halides is 3. The normalized spacial score (nSPS) is 13.9. The molecule has 1 aliphatic rings. The lowest BCUT2D eigenvalue weighted by molar-refractivity contribution is -0.384. The van der Waals surface area contributed by atoms with Crippen molar-refractivity contribution >= 4 is 17.3 Å². The summed E-state index contributed by atoms with van der Waals surface area (Å²) >= 11 is 0. The van der Waals surface area contributed by atoms with Crippen LogP contribution >= 0.6 is 0 Å². The van der Waals surface area contributed by atoms with Crippen molar-refractivity contribution in [3.8, 4) is 5.75 Å². The van der Waals surface area contributed by atoms with Gasteiger partial charge in [-0.15, -0.1) is 0 Å². The molecule has 3 rings (SSSR count). The highest BCUT2D eigenvalue weighted by molar-refractivity contribution is 5.94. The first-order chi connectivity index (χ1) is 14.2. The van der Waals surface area contributed by atoms with Gasteiger partial charge in [0.05, 0.1) is 30.2 Å². The van der Waals surface area contributed by atoms with Gasteiger partial charge in [-0.1, -0.05) is 12.1 Å². The van der Waals surface area contributed by atoms with Crippen molar-refractivity contribution in [2.24, 2.45) is 0 Å². The second kappa shape index (κ2) is 8.70. The third-order valence-electron chi connectivity index (χ3n) is 4.75. The van der Waals surface area contributed by atoms with Crippen LogP contribution < -0.4 is 10.1 Å². The van der Waals surface area contributed by atoms with Gasteiger partial charge in [-0.2, -0.15) is 13.2 Å². The summed E-state index contributed by atoms with van der Waals surface area (Å²) in [5.74, 6) is -0.149. The quantitative estimate of drug-likeness (QED) is 0.508. The number of methoxy groups -OCH3 is 1. The van der Waals surface area contributed by atoms with E-state index in [2.05, 4.69) is 5.32 Å².